The molecule has 1 aromatic heterocycles. The van der Waals surface area contributed by atoms with Crippen LogP contribution in [0.25, 0.3) is 22.2 Å². The molecule has 3 rings (SSSR count). The maximum atomic E-state index is 13.5. The van der Waals surface area contributed by atoms with Gasteiger partial charge in [0, 0.05) is 15.8 Å². The molecule has 2 aromatic carbocycles. The third kappa shape index (κ3) is 2.72. The lowest BCUT2D eigenvalue weighted by molar-refractivity contribution is -0.136. The van der Waals surface area contributed by atoms with Gasteiger partial charge in [0.1, 0.15) is 5.82 Å². The van der Waals surface area contributed by atoms with E-state index in [1.165, 1.54) is 12.1 Å². The highest BCUT2D eigenvalue weighted by atomic mass is 32.2. The molecule has 0 amide bonds. The summed E-state index contributed by atoms with van der Waals surface area (Å²) >= 11 is 1.64. The van der Waals surface area contributed by atoms with Crippen molar-refractivity contribution in [2.24, 2.45) is 0 Å². The number of nitrogens with one attached hydrogen (secondary N) is 1. The molecule has 0 atom stereocenters. The van der Waals surface area contributed by atoms with Crippen molar-refractivity contribution in [3.05, 3.63) is 53.8 Å². The minimum Gasteiger partial charge on any atom is -0.481 e. The Morgan fingerprint density at radius 1 is 1.23 bits per heavy atom. The Morgan fingerprint density at radius 3 is 2.59 bits per heavy atom. The summed E-state index contributed by atoms with van der Waals surface area (Å²) in [4.78, 5) is 15.5. The molecule has 3 nitrogen and oxygen atoms in total. The molecule has 5 heteroatoms. The van der Waals surface area contributed by atoms with Gasteiger partial charge in [0.2, 0.25) is 0 Å². The number of aliphatic carboxylic acids is 1. The third-order valence-electron chi connectivity index (χ3n) is 3.57. The van der Waals surface area contributed by atoms with E-state index in [1.54, 1.807) is 17.8 Å². The molecule has 1 heterocycles. The second kappa shape index (κ2) is 5.85. The van der Waals surface area contributed by atoms with Gasteiger partial charge in [-0.15, -0.1) is 11.8 Å². The van der Waals surface area contributed by atoms with Crippen LogP contribution in [0.5, 0.6) is 0 Å². The summed E-state index contributed by atoms with van der Waals surface area (Å²) in [7, 11) is 0. The monoisotopic (exact) mass is 315 g/mol. The Bertz CT molecular complexity index is 840. The highest BCUT2D eigenvalue weighted by molar-refractivity contribution is 7.98. The van der Waals surface area contributed by atoms with Crippen LogP contribution in [0, 0.1) is 5.82 Å². The first-order valence-electron chi connectivity index (χ1n) is 6.75. The van der Waals surface area contributed by atoms with Gasteiger partial charge in [0.05, 0.1) is 12.1 Å². The number of H-pyrrole nitrogens is 1. The molecular formula is C17H14FNO2S. The lowest BCUT2D eigenvalue weighted by atomic mass is 10.0. The number of aromatic nitrogens is 1. The minimum absolute atomic E-state index is 0.150. The SMILES string of the molecule is CSc1ccc(-c2[nH]c3ccc(F)cc3c2CC(=O)O)cc1. The van der Waals surface area contributed by atoms with Crippen LogP contribution in [-0.2, 0) is 11.2 Å². The van der Waals surface area contributed by atoms with Crippen molar-refractivity contribution in [3.8, 4) is 11.3 Å². The molecule has 0 aliphatic heterocycles. The zero-order valence-electron chi connectivity index (χ0n) is 11.9. The summed E-state index contributed by atoms with van der Waals surface area (Å²) in [5.74, 6) is -1.31. The van der Waals surface area contributed by atoms with Crippen LogP contribution >= 0.6 is 11.8 Å². The van der Waals surface area contributed by atoms with Crippen molar-refractivity contribution in [3.63, 3.8) is 0 Å². The van der Waals surface area contributed by atoms with E-state index in [0.29, 0.717) is 10.9 Å². The van der Waals surface area contributed by atoms with Gasteiger partial charge in [-0.05, 0) is 47.7 Å². The molecule has 0 bridgehead atoms. The lowest BCUT2D eigenvalue weighted by Gasteiger charge is -2.04. The first kappa shape index (κ1) is 14.7. The molecule has 0 saturated carbocycles. The van der Waals surface area contributed by atoms with Gasteiger partial charge in [0.15, 0.2) is 0 Å². The summed E-state index contributed by atoms with van der Waals surface area (Å²) < 4.78 is 13.5. The van der Waals surface area contributed by atoms with Gasteiger partial charge in [-0.25, -0.2) is 4.39 Å². The number of fused-ring (bicyclic) bond motifs is 1. The average molecular weight is 315 g/mol. The highest BCUT2D eigenvalue weighted by Crippen LogP contribution is 2.32. The van der Waals surface area contributed by atoms with E-state index in [0.717, 1.165) is 21.7 Å². The second-order valence-electron chi connectivity index (χ2n) is 4.97. The molecule has 2 N–H and O–H groups in total. The predicted octanol–water partition coefficient (Wildman–Crippen LogP) is 4.32. The summed E-state index contributed by atoms with van der Waals surface area (Å²) in [5.41, 5.74) is 2.97. The molecule has 0 aliphatic carbocycles. The smallest absolute Gasteiger partial charge is 0.307 e. The van der Waals surface area contributed by atoms with E-state index < -0.39 is 5.97 Å². The van der Waals surface area contributed by atoms with E-state index in [4.69, 9.17) is 5.11 Å². The fourth-order valence-electron chi connectivity index (χ4n) is 2.56. The van der Waals surface area contributed by atoms with Gasteiger partial charge >= 0.3 is 5.97 Å². The van der Waals surface area contributed by atoms with Crippen molar-refractivity contribution < 1.29 is 14.3 Å². The number of thioether (sulfide) groups is 1. The summed E-state index contributed by atoms with van der Waals surface area (Å²) in [6.07, 6.45) is 1.85. The first-order valence-corrected chi connectivity index (χ1v) is 7.97. The van der Waals surface area contributed by atoms with E-state index in [1.807, 2.05) is 30.5 Å². The van der Waals surface area contributed by atoms with Crippen molar-refractivity contribution in [2.45, 2.75) is 11.3 Å². The Hall–Kier alpha value is -2.27. The Balaban J connectivity index is 2.20. The van der Waals surface area contributed by atoms with Crippen LogP contribution in [0.4, 0.5) is 4.39 Å². The van der Waals surface area contributed by atoms with Crippen LogP contribution in [0.15, 0.2) is 47.4 Å². The van der Waals surface area contributed by atoms with Gasteiger partial charge in [-0.1, -0.05) is 12.1 Å². The molecular weight excluding hydrogens is 301 g/mol. The van der Waals surface area contributed by atoms with Gasteiger partial charge in [-0.2, -0.15) is 0 Å². The standard InChI is InChI=1S/C17H14FNO2S/c1-22-12-5-2-10(3-6-12)17-14(9-16(20)21)13-8-11(18)4-7-15(13)19-17/h2-8,19H,9H2,1H3,(H,20,21). The molecule has 22 heavy (non-hydrogen) atoms. The quantitative estimate of drug-likeness (QED) is 0.705. The first-order chi connectivity index (χ1) is 10.6. The molecule has 0 saturated heterocycles. The largest absolute Gasteiger partial charge is 0.481 e. The van der Waals surface area contributed by atoms with Crippen LogP contribution < -0.4 is 0 Å². The maximum Gasteiger partial charge on any atom is 0.307 e. The Kier molecular flexibility index (Phi) is 3.90. The van der Waals surface area contributed by atoms with Crippen molar-refractivity contribution >= 4 is 28.6 Å². The van der Waals surface area contributed by atoms with Crippen LogP contribution in [0.1, 0.15) is 5.56 Å². The molecule has 112 valence electrons. The number of carbonyl (C=O) groups is 1. The van der Waals surface area contributed by atoms with Gasteiger partial charge < -0.3 is 10.1 Å². The number of rotatable bonds is 4. The molecule has 0 spiro atoms. The summed E-state index contributed by atoms with van der Waals surface area (Å²) in [6.45, 7) is 0. The molecule has 0 unspecified atom stereocenters. The Morgan fingerprint density at radius 2 is 1.95 bits per heavy atom. The van der Waals surface area contributed by atoms with Crippen molar-refractivity contribution in [2.75, 3.05) is 6.26 Å². The number of aromatic amines is 1. The van der Waals surface area contributed by atoms with Crippen molar-refractivity contribution in [1.82, 2.24) is 4.98 Å². The van der Waals surface area contributed by atoms with Crippen LogP contribution in [0.3, 0.4) is 0 Å². The fourth-order valence-corrected chi connectivity index (χ4v) is 2.97. The fraction of sp³-hybridized carbons (Fsp3) is 0.118. The number of hydrogen-bond donors (Lipinski definition) is 2. The van der Waals surface area contributed by atoms with E-state index in [9.17, 15) is 9.18 Å². The highest BCUT2D eigenvalue weighted by Gasteiger charge is 2.16. The second-order valence-corrected chi connectivity index (χ2v) is 5.85. The number of carboxylic acid groups (broad SMARTS) is 1. The average Bonchev–Trinajstić information content (AvgIpc) is 2.85. The van der Waals surface area contributed by atoms with Gasteiger partial charge in [0.25, 0.3) is 0 Å². The maximum absolute atomic E-state index is 13.5. The molecule has 0 radical (unpaired) electrons. The third-order valence-corrected chi connectivity index (χ3v) is 4.32. The number of hydrogen-bond acceptors (Lipinski definition) is 2. The zero-order chi connectivity index (χ0) is 15.7. The number of halogens is 1. The predicted molar refractivity (Wildman–Crippen MR) is 86.8 cm³/mol. The van der Waals surface area contributed by atoms with Crippen LogP contribution in [0.2, 0.25) is 0 Å². The lowest BCUT2D eigenvalue weighted by Crippen LogP contribution is -2.01. The van der Waals surface area contributed by atoms with Crippen LogP contribution in [-0.4, -0.2) is 22.3 Å². The van der Waals surface area contributed by atoms with Crippen molar-refractivity contribution in [1.29, 1.82) is 0 Å². The topological polar surface area (TPSA) is 53.1 Å². The molecule has 3 aromatic rings. The number of benzene rings is 2. The summed E-state index contributed by atoms with van der Waals surface area (Å²) in [6, 6.07) is 12.2. The molecule has 0 fully saturated rings. The van der Waals surface area contributed by atoms with E-state index in [2.05, 4.69) is 4.98 Å². The Labute approximate surface area is 131 Å². The summed E-state index contributed by atoms with van der Waals surface area (Å²) in [5, 5.41) is 9.77. The van der Waals surface area contributed by atoms with Gasteiger partial charge in [-0.3, -0.25) is 4.79 Å². The minimum atomic E-state index is -0.938. The van der Waals surface area contributed by atoms with E-state index in [-0.39, 0.29) is 12.2 Å². The zero-order valence-corrected chi connectivity index (χ0v) is 12.7. The normalized spacial score (nSPS) is 11.0. The molecule has 0 aliphatic rings. The number of carboxylic acids is 1. The van der Waals surface area contributed by atoms with E-state index >= 15 is 0 Å².